The molecule has 0 aliphatic carbocycles. The second-order valence-corrected chi connectivity index (χ2v) is 6.07. The molecule has 0 saturated heterocycles. The number of rotatable bonds is 7. The molecule has 0 nitrogen and oxygen atoms in total. The van der Waals surface area contributed by atoms with Gasteiger partial charge in [-0.2, -0.15) is 35.1 Å². The lowest BCUT2D eigenvalue weighted by Crippen LogP contribution is -2.61. The van der Waals surface area contributed by atoms with E-state index in [1.165, 1.54) is 0 Å². The van der Waals surface area contributed by atoms with E-state index in [0.717, 1.165) is 35.4 Å². The largest absolute Gasteiger partial charge is 0.457 e. The molecule has 0 radical (unpaired) electrons. The topological polar surface area (TPSA) is 0 Å². The second kappa shape index (κ2) is 7.61. The third-order valence-electron chi connectivity index (χ3n) is 2.85. The molecule has 0 spiro atoms. The van der Waals surface area contributed by atoms with Gasteiger partial charge in [0.1, 0.15) is 0 Å². The molecule has 0 fully saturated rings. The zero-order valence-electron chi connectivity index (χ0n) is 11.4. The van der Waals surface area contributed by atoms with E-state index in [-0.39, 0.29) is 12.8 Å². The van der Waals surface area contributed by atoms with Crippen LogP contribution in [0.2, 0.25) is 0 Å². The summed E-state index contributed by atoms with van der Waals surface area (Å²) in [5.41, 5.74) is -5.79. The standard InChI is InChI=1S/C12H14F9I/c1-2-3-4-5-6-8(22)7-9(13,11(16,17)18)10(14,15)12(19,20)21/h7H,2-6H2,1H3. The number of alkyl halides is 9. The van der Waals surface area contributed by atoms with Crippen LogP contribution in [0.1, 0.15) is 39.0 Å². The Kier molecular flexibility index (Phi) is 7.55. The number of halogens is 10. The van der Waals surface area contributed by atoms with E-state index in [2.05, 4.69) is 0 Å². The van der Waals surface area contributed by atoms with Gasteiger partial charge in [0, 0.05) is 0 Å². The maximum absolute atomic E-state index is 13.7. The zero-order chi connectivity index (χ0) is 17.8. The third-order valence-corrected chi connectivity index (χ3v) is 3.70. The van der Waals surface area contributed by atoms with Crippen LogP contribution in [0.15, 0.2) is 9.66 Å². The summed E-state index contributed by atoms with van der Waals surface area (Å²) in [5.74, 6) is -6.57. The molecular weight excluding hydrogens is 442 g/mol. The van der Waals surface area contributed by atoms with Gasteiger partial charge in [0.05, 0.1) is 0 Å². The molecule has 132 valence electrons. The predicted octanol–water partition coefficient (Wildman–Crippen LogP) is 6.74. The smallest absolute Gasteiger partial charge is 0.222 e. The Morgan fingerprint density at radius 3 is 1.68 bits per heavy atom. The molecule has 0 rings (SSSR count). The minimum atomic E-state index is -6.66. The summed E-state index contributed by atoms with van der Waals surface area (Å²) in [6.45, 7) is 1.85. The van der Waals surface area contributed by atoms with Gasteiger partial charge >= 0.3 is 18.3 Å². The Labute approximate surface area is 135 Å². The first-order valence-corrected chi connectivity index (χ1v) is 7.36. The van der Waals surface area contributed by atoms with E-state index in [0.29, 0.717) is 6.42 Å². The molecule has 0 aliphatic rings. The van der Waals surface area contributed by atoms with E-state index in [1.807, 2.05) is 6.92 Å². The Hall–Kier alpha value is -0.160. The van der Waals surface area contributed by atoms with Gasteiger partial charge in [-0.3, -0.25) is 0 Å². The molecule has 0 aromatic rings. The first kappa shape index (κ1) is 21.8. The number of allylic oxidation sites excluding steroid dienone is 2. The summed E-state index contributed by atoms with van der Waals surface area (Å²) >= 11 is 1.15. The Balaban J connectivity index is 5.48. The highest BCUT2D eigenvalue weighted by atomic mass is 127. The number of unbranched alkanes of at least 4 members (excludes halogenated alkanes) is 3. The Morgan fingerprint density at radius 1 is 0.818 bits per heavy atom. The highest BCUT2D eigenvalue weighted by molar-refractivity contribution is 14.1. The van der Waals surface area contributed by atoms with E-state index >= 15 is 0 Å². The predicted molar refractivity (Wildman–Crippen MR) is 71.8 cm³/mol. The van der Waals surface area contributed by atoms with Crippen molar-refractivity contribution < 1.29 is 39.5 Å². The highest BCUT2D eigenvalue weighted by Crippen LogP contribution is 2.54. The maximum Gasteiger partial charge on any atom is 0.457 e. The summed E-state index contributed by atoms with van der Waals surface area (Å²) < 4.78 is 113. The fourth-order valence-electron chi connectivity index (χ4n) is 1.57. The fraction of sp³-hybridized carbons (Fsp3) is 0.833. The van der Waals surface area contributed by atoms with Crippen LogP contribution < -0.4 is 0 Å². The summed E-state index contributed by atoms with van der Waals surface area (Å²) in [6.07, 6.45) is -11.6. The molecule has 0 aromatic heterocycles. The van der Waals surface area contributed by atoms with Crippen LogP contribution in [0.4, 0.5) is 39.5 Å². The van der Waals surface area contributed by atoms with Crippen LogP contribution in [0.3, 0.4) is 0 Å². The van der Waals surface area contributed by atoms with Crippen LogP contribution in [0.5, 0.6) is 0 Å². The second-order valence-electron chi connectivity index (χ2n) is 4.68. The quantitative estimate of drug-likeness (QED) is 0.226. The summed E-state index contributed by atoms with van der Waals surface area (Å²) in [6, 6.07) is 0. The maximum atomic E-state index is 13.7. The molecule has 0 amide bonds. The van der Waals surface area contributed by atoms with Crippen LogP contribution in [0, 0.1) is 0 Å². The summed E-state index contributed by atoms with van der Waals surface area (Å²) in [7, 11) is 0. The molecule has 1 unspecified atom stereocenters. The lowest BCUT2D eigenvalue weighted by molar-refractivity contribution is -0.369. The molecule has 0 bridgehead atoms. The van der Waals surface area contributed by atoms with Crippen LogP contribution in [-0.2, 0) is 0 Å². The van der Waals surface area contributed by atoms with E-state index in [4.69, 9.17) is 0 Å². The molecule has 10 heteroatoms. The average molecular weight is 456 g/mol. The Morgan fingerprint density at radius 2 is 1.32 bits per heavy atom. The summed E-state index contributed by atoms with van der Waals surface area (Å²) in [5, 5.41) is 0. The van der Waals surface area contributed by atoms with Crippen molar-refractivity contribution in [3.63, 3.8) is 0 Å². The van der Waals surface area contributed by atoms with Gasteiger partial charge in [0.25, 0.3) is 5.67 Å². The zero-order valence-corrected chi connectivity index (χ0v) is 13.6. The van der Waals surface area contributed by atoms with Crippen molar-refractivity contribution in [2.45, 2.75) is 63.0 Å². The van der Waals surface area contributed by atoms with Gasteiger partial charge in [0.15, 0.2) is 0 Å². The monoisotopic (exact) mass is 456 g/mol. The van der Waals surface area contributed by atoms with Crippen molar-refractivity contribution in [1.82, 2.24) is 0 Å². The minimum Gasteiger partial charge on any atom is -0.222 e. The van der Waals surface area contributed by atoms with Gasteiger partial charge in [-0.05, 0) is 45.1 Å². The molecule has 0 heterocycles. The molecule has 22 heavy (non-hydrogen) atoms. The van der Waals surface area contributed by atoms with E-state index in [1.54, 1.807) is 0 Å². The highest BCUT2D eigenvalue weighted by Gasteiger charge is 2.80. The Bertz CT molecular complexity index is 383. The molecule has 0 N–H and O–H groups in total. The van der Waals surface area contributed by atoms with Crippen molar-refractivity contribution >= 4 is 22.6 Å². The molecule has 0 aromatic carbocycles. The van der Waals surface area contributed by atoms with Crippen molar-refractivity contribution in [1.29, 1.82) is 0 Å². The van der Waals surface area contributed by atoms with Gasteiger partial charge in [-0.25, -0.2) is 4.39 Å². The van der Waals surface area contributed by atoms with Crippen molar-refractivity contribution in [2.75, 3.05) is 0 Å². The fourth-order valence-corrected chi connectivity index (χ4v) is 2.38. The van der Waals surface area contributed by atoms with Gasteiger partial charge in [0.2, 0.25) is 0 Å². The van der Waals surface area contributed by atoms with Crippen LogP contribution >= 0.6 is 22.6 Å². The van der Waals surface area contributed by atoms with Crippen molar-refractivity contribution in [3.8, 4) is 0 Å². The third kappa shape index (κ3) is 4.92. The van der Waals surface area contributed by atoms with Gasteiger partial charge in [-0.1, -0.05) is 26.2 Å². The SMILES string of the molecule is CCCCCCC(I)=CC(F)(C(F)(F)F)C(F)(F)C(F)(F)F. The summed E-state index contributed by atoms with van der Waals surface area (Å²) in [4.78, 5) is 0. The van der Waals surface area contributed by atoms with Gasteiger partial charge < -0.3 is 0 Å². The molecule has 0 aliphatic heterocycles. The number of hydrogen-bond donors (Lipinski definition) is 0. The minimum absolute atomic E-state index is 0.198. The average Bonchev–Trinajstić information content (AvgIpc) is 2.31. The van der Waals surface area contributed by atoms with Crippen molar-refractivity contribution in [2.24, 2.45) is 0 Å². The van der Waals surface area contributed by atoms with Gasteiger partial charge in [-0.15, -0.1) is 0 Å². The van der Waals surface area contributed by atoms with Crippen LogP contribution in [0.25, 0.3) is 0 Å². The molecule has 0 saturated carbocycles. The number of hydrogen-bond acceptors (Lipinski definition) is 0. The molecular formula is C12H14F9I. The lowest BCUT2D eigenvalue weighted by atomic mass is 9.94. The lowest BCUT2D eigenvalue weighted by Gasteiger charge is -2.34. The normalized spacial score (nSPS) is 17.5. The molecule has 1 atom stereocenters. The van der Waals surface area contributed by atoms with Crippen molar-refractivity contribution in [3.05, 3.63) is 9.66 Å². The van der Waals surface area contributed by atoms with E-state index < -0.39 is 33.6 Å². The van der Waals surface area contributed by atoms with E-state index in [9.17, 15) is 39.5 Å². The first-order chi connectivity index (χ1) is 9.70. The van der Waals surface area contributed by atoms with Crippen LogP contribution in [-0.4, -0.2) is 23.9 Å². The first-order valence-electron chi connectivity index (χ1n) is 6.28.